The molecule has 0 saturated carbocycles. The summed E-state index contributed by atoms with van der Waals surface area (Å²) in [6.45, 7) is 3.15. The van der Waals surface area contributed by atoms with Gasteiger partial charge < -0.3 is 30.3 Å². The van der Waals surface area contributed by atoms with Crippen LogP contribution in [0, 0.1) is 0 Å². The van der Waals surface area contributed by atoms with E-state index in [4.69, 9.17) is 24.3 Å². The lowest BCUT2D eigenvalue weighted by Crippen LogP contribution is -2.30. The first kappa shape index (κ1) is 53.9. The first-order valence-corrected chi connectivity index (χ1v) is 22.4. The summed E-state index contributed by atoms with van der Waals surface area (Å²) < 4.78 is 32.5. The Hall–Kier alpha value is -3.15. The quantitative estimate of drug-likeness (QED) is 0.0203. The van der Waals surface area contributed by atoms with E-state index in [0.717, 1.165) is 51.4 Å². The summed E-state index contributed by atoms with van der Waals surface area (Å²) in [5, 5.41) is 20.6. The van der Waals surface area contributed by atoms with Gasteiger partial charge in [0.1, 0.15) is 6.61 Å². The van der Waals surface area contributed by atoms with Crippen molar-refractivity contribution in [2.45, 2.75) is 148 Å². The highest BCUT2D eigenvalue weighted by Gasteiger charge is 2.26. The molecule has 0 aromatic rings. The van der Waals surface area contributed by atoms with Crippen LogP contribution in [0.4, 0.5) is 0 Å². The van der Waals surface area contributed by atoms with Crippen LogP contribution in [0.3, 0.4) is 0 Å². The number of allylic oxidation sites excluding steroid dienone is 15. The van der Waals surface area contributed by atoms with Crippen LogP contribution < -0.4 is 5.73 Å². The monoisotopic (exact) mass is 820 g/mol. The number of ether oxygens (including phenoxy) is 2. The summed E-state index contributed by atoms with van der Waals surface area (Å²) >= 11 is 0. The van der Waals surface area contributed by atoms with E-state index in [1.807, 2.05) is 30.4 Å². The van der Waals surface area contributed by atoms with E-state index < -0.39 is 51.3 Å². The molecule has 0 aromatic carbocycles. The molecule has 0 aliphatic rings. The molecule has 0 aromatic heterocycles. The maximum Gasteiger partial charge on any atom is 0.472 e. The van der Waals surface area contributed by atoms with Crippen LogP contribution >= 0.6 is 7.82 Å². The van der Waals surface area contributed by atoms with Crippen LogP contribution in [0.15, 0.2) is 97.2 Å². The second kappa shape index (κ2) is 39.7. The summed E-state index contributed by atoms with van der Waals surface area (Å²) in [6.07, 6.45) is 43.4. The lowest BCUT2D eigenvalue weighted by Gasteiger charge is -2.20. The minimum atomic E-state index is -4.47. The average Bonchev–Trinajstić information content (AvgIpc) is 3.19. The van der Waals surface area contributed by atoms with Gasteiger partial charge in [0.15, 0.2) is 6.10 Å². The fraction of sp³-hybridized carbons (Fsp3) is 0.600. The summed E-state index contributed by atoms with van der Waals surface area (Å²) in [5.41, 5.74) is 5.32. The number of aliphatic hydroxyl groups is 2. The highest BCUT2D eigenvalue weighted by molar-refractivity contribution is 7.47. The number of phosphoric acid groups is 1. The summed E-state index contributed by atoms with van der Waals surface area (Å²) in [4.78, 5) is 34.9. The molecule has 0 spiro atoms. The Morgan fingerprint density at radius 2 is 1.12 bits per heavy atom. The molecule has 0 aliphatic heterocycles. The second-order valence-electron chi connectivity index (χ2n) is 13.4. The largest absolute Gasteiger partial charge is 0.472 e. The summed E-state index contributed by atoms with van der Waals surface area (Å²) in [5.74, 6) is -1.19. The van der Waals surface area contributed by atoms with Crippen molar-refractivity contribution in [1.29, 1.82) is 0 Å². The van der Waals surface area contributed by atoms with Gasteiger partial charge in [-0.3, -0.25) is 18.6 Å². The van der Waals surface area contributed by atoms with Crippen LogP contribution in [0.25, 0.3) is 0 Å². The van der Waals surface area contributed by atoms with E-state index in [0.29, 0.717) is 12.8 Å². The van der Waals surface area contributed by atoms with E-state index in [9.17, 15) is 29.3 Å². The van der Waals surface area contributed by atoms with Gasteiger partial charge in [0.2, 0.25) is 0 Å². The molecular formula is C45H74NO10P. The highest BCUT2D eigenvalue weighted by Crippen LogP contribution is 2.43. The van der Waals surface area contributed by atoms with Crippen molar-refractivity contribution < 1.29 is 47.8 Å². The Morgan fingerprint density at radius 1 is 0.614 bits per heavy atom. The number of unbranched alkanes of at least 4 members (excludes halogenated alkanes) is 4. The Kier molecular flexibility index (Phi) is 37.5. The van der Waals surface area contributed by atoms with Gasteiger partial charge >= 0.3 is 19.8 Å². The fourth-order valence-electron chi connectivity index (χ4n) is 4.95. The van der Waals surface area contributed by atoms with Crippen LogP contribution in [0.2, 0.25) is 0 Å². The number of nitrogens with two attached hydrogens (primary N) is 1. The normalized spacial score (nSPS) is 15.4. The van der Waals surface area contributed by atoms with Gasteiger partial charge in [0.05, 0.1) is 25.4 Å². The molecule has 324 valence electrons. The van der Waals surface area contributed by atoms with E-state index in [2.05, 4.69) is 80.7 Å². The Bertz CT molecular complexity index is 1290. The van der Waals surface area contributed by atoms with Crippen molar-refractivity contribution in [2.24, 2.45) is 5.73 Å². The predicted molar refractivity (Wildman–Crippen MR) is 231 cm³/mol. The first-order chi connectivity index (χ1) is 27.6. The van der Waals surface area contributed by atoms with E-state index in [1.165, 1.54) is 19.3 Å². The van der Waals surface area contributed by atoms with Crippen LogP contribution in [0.1, 0.15) is 129 Å². The lowest BCUT2D eigenvalue weighted by atomic mass is 10.0. The number of carbonyl (C=O) groups excluding carboxylic acids is 2. The molecule has 57 heavy (non-hydrogen) atoms. The highest BCUT2D eigenvalue weighted by atomic mass is 31.2. The van der Waals surface area contributed by atoms with Crippen molar-refractivity contribution in [2.75, 3.05) is 26.4 Å². The van der Waals surface area contributed by atoms with E-state index in [1.54, 1.807) is 0 Å². The predicted octanol–water partition coefficient (Wildman–Crippen LogP) is 9.77. The fourth-order valence-corrected chi connectivity index (χ4v) is 5.71. The molecule has 5 N–H and O–H groups in total. The third-order valence-corrected chi connectivity index (χ3v) is 9.14. The van der Waals surface area contributed by atoms with Crippen molar-refractivity contribution >= 4 is 19.8 Å². The number of esters is 2. The number of rotatable bonds is 37. The molecule has 0 fully saturated rings. The van der Waals surface area contributed by atoms with Gasteiger partial charge in [-0.15, -0.1) is 0 Å². The molecule has 0 heterocycles. The molecule has 12 heteroatoms. The van der Waals surface area contributed by atoms with Crippen LogP contribution in [-0.4, -0.2) is 71.7 Å². The third kappa shape index (κ3) is 38.2. The van der Waals surface area contributed by atoms with Crippen molar-refractivity contribution in [3.8, 4) is 0 Å². The number of aliphatic hydroxyl groups excluding tert-OH is 2. The maximum absolute atomic E-state index is 12.6. The Morgan fingerprint density at radius 3 is 1.67 bits per heavy atom. The molecular weight excluding hydrogens is 745 g/mol. The number of phosphoric ester groups is 1. The number of hydrogen-bond acceptors (Lipinski definition) is 10. The molecule has 0 amide bonds. The standard InChI is InChI=1S/C45H74NO10P/c1-3-5-7-9-11-13-15-17-18-19-20-21-23-25-27-29-31-35-45(50)56-41(40-55-57(51,52)54-38-37-46)39-53-44(49)36-32-34-43(48)42(47)33-30-28-26-24-22-16-14-12-10-8-6-4-2/h6,8,11-14,17-18,20-22,24-25,27-28,30,41-43,47-48H,3-5,7,9-10,15-16,19,23,26,29,31-40,46H2,1-2H3,(H,51,52)/b8-6-,13-11-,14-12-,18-17-,21-20-,24-22-,27-25-,30-28-/t41-,42+,43+/m1/s1. The minimum Gasteiger partial charge on any atom is -0.462 e. The lowest BCUT2D eigenvalue weighted by molar-refractivity contribution is -0.161. The third-order valence-electron chi connectivity index (χ3n) is 8.15. The van der Waals surface area contributed by atoms with Crippen LogP contribution in [0.5, 0.6) is 0 Å². The zero-order valence-electron chi connectivity index (χ0n) is 34.7. The van der Waals surface area contributed by atoms with E-state index in [-0.39, 0.29) is 45.3 Å². The molecule has 0 rings (SSSR count). The Balaban J connectivity index is 4.54. The van der Waals surface area contributed by atoms with Gasteiger partial charge in [0.25, 0.3) is 0 Å². The van der Waals surface area contributed by atoms with Crippen molar-refractivity contribution in [3.05, 3.63) is 97.2 Å². The van der Waals surface area contributed by atoms with Gasteiger partial charge in [-0.2, -0.15) is 0 Å². The molecule has 0 radical (unpaired) electrons. The molecule has 11 nitrogen and oxygen atoms in total. The molecule has 0 saturated heterocycles. The molecule has 0 aliphatic carbocycles. The second-order valence-corrected chi connectivity index (χ2v) is 14.9. The van der Waals surface area contributed by atoms with Gasteiger partial charge in [-0.05, 0) is 89.9 Å². The zero-order valence-corrected chi connectivity index (χ0v) is 35.6. The average molecular weight is 820 g/mol. The topological polar surface area (TPSA) is 175 Å². The maximum atomic E-state index is 12.6. The molecule has 4 atom stereocenters. The number of carbonyl (C=O) groups is 2. The number of hydrogen-bond donors (Lipinski definition) is 4. The smallest absolute Gasteiger partial charge is 0.462 e. The van der Waals surface area contributed by atoms with Crippen molar-refractivity contribution in [1.82, 2.24) is 0 Å². The SMILES string of the molecule is CC/C=C\C/C=C\C/C=C\C/C=C\C[C@H](O)[C@@H](O)CCCC(=O)OC[C@H](COP(=O)(O)OCCN)OC(=O)CCC/C=C\C/C=C\C/C=C\C/C=C\CCCCC. The van der Waals surface area contributed by atoms with E-state index >= 15 is 0 Å². The van der Waals surface area contributed by atoms with Crippen molar-refractivity contribution in [3.63, 3.8) is 0 Å². The molecule has 0 bridgehead atoms. The van der Waals surface area contributed by atoms with Gasteiger partial charge in [-0.1, -0.05) is 124 Å². The first-order valence-electron chi connectivity index (χ1n) is 20.9. The minimum absolute atomic E-state index is 0.000460. The van der Waals surface area contributed by atoms with Gasteiger partial charge in [-0.25, -0.2) is 4.57 Å². The zero-order chi connectivity index (χ0) is 42.1. The Labute approximate surface area is 343 Å². The summed E-state index contributed by atoms with van der Waals surface area (Å²) in [7, 11) is -4.47. The van der Waals surface area contributed by atoms with Crippen LogP contribution in [-0.2, 0) is 32.7 Å². The molecule has 1 unspecified atom stereocenters. The van der Waals surface area contributed by atoms with Gasteiger partial charge in [0, 0.05) is 19.4 Å². The summed E-state index contributed by atoms with van der Waals surface area (Å²) in [6, 6.07) is 0.